The lowest BCUT2D eigenvalue weighted by Gasteiger charge is -2.27. The molecule has 0 bridgehead atoms. The fourth-order valence-corrected chi connectivity index (χ4v) is 4.11. The summed E-state index contributed by atoms with van der Waals surface area (Å²) >= 11 is 1.11. The largest absolute Gasteiger partial charge is 0.461 e. The number of hydrogen-bond acceptors (Lipinski definition) is 9. The molecule has 10 nitrogen and oxygen atoms in total. The van der Waals surface area contributed by atoms with Crippen molar-refractivity contribution in [3.63, 3.8) is 0 Å². The molecular weight excluding hydrogens is 424 g/mol. The van der Waals surface area contributed by atoms with Gasteiger partial charge in [0.1, 0.15) is 6.04 Å². The number of ether oxygens (including phenoxy) is 1. The molecule has 0 saturated carbocycles. The van der Waals surface area contributed by atoms with Gasteiger partial charge in [0.25, 0.3) is 11.8 Å². The standard InChI is InChI=1S/C20H16N4O6S/c1-2-30-19(29)13-7-8-21-20(22-13)31-10-3-4-11-12(9-10)18(28)24(17(11)27)14-5-6-15(25)23-16(14)26/h3-4,7-9,14H,2,5-6H2,1H3,(H,23,25,26). The molecule has 4 amide bonds. The van der Waals surface area contributed by atoms with Gasteiger partial charge in [0.2, 0.25) is 11.8 Å². The first-order valence-corrected chi connectivity index (χ1v) is 10.2. The van der Waals surface area contributed by atoms with Gasteiger partial charge in [0.15, 0.2) is 10.9 Å². The van der Waals surface area contributed by atoms with E-state index in [1.165, 1.54) is 24.4 Å². The van der Waals surface area contributed by atoms with Crippen LogP contribution in [0.5, 0.6) is 0 Å². The lowest BCUT2D eigenvalue weighted by molar-refractivity contribution is -0.136. The lowest BCUT2D eigenvalue weighted by Crippen LogP contribution is -2.54. The van der Waals surface area contributed by atoms with Crippen LogP contribution in [0.25, 0.3) is 0 Å². The molecule has 11 heteroatoms. The number of imide groups is 2. The third-order valence-electron chi connectivity index (χ3n) is 4.74. The zero-order chi connectivity index (χ0) is 22.1. The Hall–Kier alpha value is -3.60. The van der Waals surface area contributed by atoms with Crippen LogP contribution in [0.1, 0.15) is 51.0 Å². The first-order valence-electron chi connectivity index (χ1n) is 9.42. The van der Waals surface area contributed by atoms with E-state index in [0.717, 1.165) is 16.7 Å². The van der Waals surface area contributed by atoms with Crippen LogP contribution in [0.15, 0.2) is 40.5 Å². The highest BCUT2D eigenvalue weighted by molar-refractivity contribution is 7.99. The smallest absolute Gasteiger partial charge is 0.357 e. The Bertz CT molecular complexity index is 1130. The van der Waals surface area contributed by atoms with Gasteiger partial charge in [-0.15, -0.1) is 0 Å². The number of rotatable bonds is 5. The molecule has 2 aliphatic rings. The minimum atomic E-state index is -1.02. The molecule has 1 aromatic carbocycles. The summed E-state index contributed by atoms with van der Waals surface area (Å²) in [5, 5.41) is 2.43. The summed E-state index contributed by atoms with van der Waals surface area (Å²) in [6.07, 6.45) is 1.57. The average Bonchev–Trinajstić information content (AvgIpc) is 2.99. The minimum Gasteiger partial charge on any atom is -0.461 e. The number of carbonyl (C=O) groups excluding carboxylic acids is 5. The lowest BCUT2D eigenvalue weighted by atomic mass is 10.0. The van der Waals surface area contributed by atoms with Crippen LogP contribution >= 0.6 is 11.8 Å². The van der Waals surface area contributed by atoms with E-state index in [0.29, 0.717) is 4.90 Å². The van der Waals surface area contributed by atoms with Crippen molar-refractivity contribution >= 4 is 41.4 Å². The van der Waals surface area contributed by atoms with E-state index in [4.69, 9.17) is 4.74 Å². The number of hydrogen-bond donors (Lipinski definition) is 1. The molecule has 31 heavy (non-hydrogen) atoms. The highest BCUT2D eigenvalue weighted by Gasteiger charge is 2.44. The minimum absolute atomic E-state index is 0.0546. The molecule has 1 aromatic heterocycles. The van der Waals surface area contributed by atoms with Crippen molar-refractivity contribution in [1.29, 1.82) is 0 Å². The molecular formula is C20H16N4O6S. The summed E-state index contributed by atoms with van der Waals surface area (Å²) in [5.41, 5.74) is 0.442. The van der Waals surface area contributed by atoms with Gasteiger partial charge in [-0.1, -0.05) is 0 Å². The Kier molecular flexibility index (Phi) is 5.51. The SMILES string of the molecule is CCOC(=O)c1ccnc(Sc2ccc3c(c2)C(=O)N(C2CCC(=O)NC2=O)C3=O)n1. The predicted molar refractivity (Wildman–Crippen MR) is 105 cm³/mol. The zero-order valence-electron chi connectivity index (χ0n) is 16.3. The van der Waals surface area contributed by atoms with Crippen molar-refractivity contribution in [1.82, 2.24) is 20.2 Å². The molecule has 4 rings (SSSR count). The number of amides is 4. The quantitative estimate of drug-likeness (QED) is 0.413. The number of nitrogens with zero attached hydrogens (tertiary/aromatic N) is 3. The van der Waals surface area contributed by atoms with Crippen LogP contribution in [0.4, 0.5) is 0 Å². The second-order valence-electron chi connectivity index (χ2n) is 6.70. The van der Waals surface area contributed by atoms with Gasteiger partial charge in [-0.2, -0.15) is 0 Å². The van der Waals surface area contributed by atoms with E-state index in [-0.39, 0.29) is 41.4 Å². The maximum Gasteiger partial charge on any atom is 0.357 e. The molecule has 1 fully saturated rings. The molecule has 3 heterocycles. The summed E-state index contributed by atoms with van der Waals surface area (Å²) in [5.74, 6) is -2.84. The summed E-state index contributed by atoms with van der Waals surface area (Å²) < 4.78 is 4.92. The van der Waals surface area contributed by atoms with Crippen LogP contribution in [-0.4, -0.2) is 57.1 Å². The molecule has 1 saturated heterocycles. The molecule has 1 N–H and O–H groups in total. The van der Waals surface area contributed by atoms with E-state index >= 15 is 0 Å². The zero-order valence-corrected chi connectivity index (χ0v) is 17.1. The van der Waals surface area contributed by atoms with E-state index in [2.05, 4.69) is 15.3 Å². The maximum atomic E-state index is 12.9. The third kappa shape index (κ3) is 3.91. The van der Waals surface area contributed by atoms with Crippen molar-refractivity contribution in [3.05, 3.63) is 47.3 Å². The second-order valence-corrected chi connectivity index (χ2v) is 7.74. The Morgan fingerprint density at radius 2 is 1.97 bits per heavy atom. The number of fused-ring (bicyclic) bond motifs is 1. The summed E-state index contributed by atoms with van der Waals surface area (Å²) in [4.78, 5) is 70.7. The van der Waals surface area contributed by atoms with E-state index in [9.17, 15) is 24.0 Å². The molecule has 2 aliphatic heterocycles. The fourth-order valence-electron chi connectivity index (χ4n) is 3.33. The second kappa shape index (κ2) is 8.26. The van der Waals surface area contributed by atoms with Crippen molar-refractivity contribution in [2.75, 3.05) is 6.61 Å². The number of nitrogens with one attached hydrogen (secondary N) is 1. The highest BCUT2D eigenvalue weighted by atomic mass is 32.2. The van der Waals surface area contributed by atoms with Crippen LogP contribution in [0.3, 0.4) is 0 Å². The summed E-state index contributed by atoms with van der Waals surface area (Å²) in [6.45, 7) is 1.91. The summed E-state index contributed by atoms with van der Waals surface area (Å²) in [7, 11) is 0. The molecule has 0 spiro atoms. The summed E-state index contributed by atoms with van der Waals surface area (Å²) in [6, 6.07) is 5.06. The molecule has 1 unspecified atom stereocenters. The van der Waals surface area contributed by atoms with Gasteiger partial charge in [-0.05, 0) is 49.4 Å². The van der Waals surface area contributed by atoms with Crippen LogP contribution in [0.2, 0.25) is 0 Å². The monoisotopic (exact) mass is 440 g/mol. The number of piperidine rings is 1. The highest BCUT2D eigenvalue weighted by Crippen LogP contribution is 2.32. The van der Waals surface area contributed by atoms with Crippen molar-refractivity contribution < 1.29 is 28.7 Å². The Balaban J connectivity index is 1.57. The predicted octanol–water partition coefficient (Wildman–Crippen LogP) is 1.21. The first-order chi connectivity index (χ1) is 14.9. The normalized spacial score (nSPS) is 18.1. The number of carbonyl (C=O) groups is 5. The Morgan fingerprint density at radius 3 is 2.71 bits per heavy atom. The van der Waals surface area contributed by atoms with Gasteiger partial charge in [-0.25, -0.2) is 14.8 Å². The molecule has 1 atom stereocenters. The maximum absolute atomic E-state index is 12.9. The van der Waals surface area contributed by atoms with E-state index in [1.807, 2.05) is 0 Å². The third-order valence-corrected chi connectivity index (χ3v) is 5.61. The Labute approximate surface area is 180 Å². The molecule has 0 aliphatic carbocycles. The topological polar surface area (TPSA) is 136 Å². The van der Waals surface area contributed by atoms with Crippen LogP contribution in [0, 0.1) is 0 Å². The number of benzene rings is 1. The van der Waals surface area contributed by atoms with Crippen LogP contribution < -0.4 is 5.32 Å². The molecule has 0 radical (unpaired) electrons. The average molecular weight is 440 g/mol. The van der Waals surface area contributed by atoms with E-state index < -0.39 is 35.6 Å². The molecule has 2 aromatic rings. The van der Waals surface area contributed by atoms with Crippen LogP contribution in [-0.2, 0) is 14.3 Å². The van der Waals surface area contributed by atoms with E-state index in [1.54, 1.807) is 13.0 Å². The van der Waals surface area contributed by atoms with Crippen molar-refractivity contribution in [3.8, 4) is 0 Å². The fraction of sp³-hybridized carbons (Fsp3) is 0.250. The van der Waals surface area contributed by atoms with Gasteiger partial charge in [0, 0.05) is 17.5 Å². The van der Waals surface area contributed by atoms with Crippen molar-refractivity contribution in [2.45, 2.75) is 35.9 Å². The van der Waals surface area contributed by atoms with Gasteiger partial charge in [-0.3, -0.25) is 29.4 Å². The number of esters is 1. The number of aromatic nitrogens is 2. The van der Waals surface area contributed by atoms with Crippen molar-refractivity contribution in [2.24, 2.45) is 0 Å². The molecule has 158 valence electrons. The van der Waals surface area contributed by atoms with Gasteiger partial charge >= 0.3 is 5.97 Å². The van der Waals surface area contributed by atoms with Gasteiger partial charge in [0.05, 0.1) is 17.7 Å². The Morgan fingerprint density at radius 1 is 1.19 bits per heavy atom. The van der Waals surface area contributed by atoms with Gasteiger partial charge < -0.3 is 4.74 Å². The first kappa shape index (κ1) is 20.7.